The predicted octanol–water partition coefficient (Wildman–Crippen LogP) is 2.98. The van der Waals surface area contributed by atoms with Gasteiger partial charge in [0.2, 0.25) is 5.91 Å². The molecule has 5 heteroatoms. The smallest absolute Gasteiger partial charge is 0.226 e. The van der Waals surface area contributed by atoms with E-state index < -0.39 is 0 Å². The van der Waals surface area contributed by atoms with Crippen LogP contribution < -0.4 is 5.32 Å². The Kier molecular flexibility index (Phi) is 6.52. The monoisotopic (exact) mass is 274 g/mol. The summed E-state index contributed by atoms with van der Waals surface area (Å²) in [5.74, 6) is 1.03. The van der Waals surface area contributed by atoms with Gasteiger partial charge in [-0.15, -0.1) is 22.9 Å². The van der Waals surface area contributed by atoms with Gasteiger partial charge >= 0.3 is 0 Å². The number of nitrogens with zero attached hydrogens (tertiary/aromatic N) is 1. The Morgan fingerprint density at radius 1 is 1.53 bits per heavy atom. The molecule has 0 radical (unpaired) electrons. The van der Waals surface area contributed by atoms with E-state index in [0.29, 0.717) is 18.2 Å². The number of carbonyl (C=O) groups is 1. The quantitative estimate of drug-likeness (QED) is 0.777. The molecule has 0 bridgehead atoms. The number of amides is 1. The molecule has 0 spiro atoms. The van der Waals surface area contributed by atoms with Crippen molar-refractivity contribution in [3.8, 4) is 0 Å². The van der Waals surface area contributed by atoms with Crippen molar-refractivity contribution in [2.75, 3.05) is 6.54 Å². The minimum Gasteiger partial charge on any atom is -0.355 e. The molecule has 96 valence electrons. The molecule has 0 atom stereocenters. The summed E-state index contributed by atoms with van der Waals surface area (Å²) in [5.41, 5.74) is 0.847. The molecule has 0 saturated carbocycles. The van der Waals surface area contributed by atoms with Gasteiger partial charge in [-0.3, -0.25) is 4.79 Å². The van der Waals surface area contributed by atoms with Crippen molar-refractivity contribution in [1.82, 2.24) is 10.3 Å². The summed E-state index contributed by atoms with van der Waals surface area (Å²) in [5, 5.41) is 5.69. The van der Waals surface area contributed by atoms with Crippen molar-refractivity contribution < 1.29 is 4.79 Å². The number of carbonyl (C=O) groups excluding carboxylic acids is 1. The van der Waals surface area contributed by atoms with Crippen LogP contribution in [0.15, 0.2) is 5.38 Å². The molecule has 0 aliphatic carbocycles. The predicted molar refractivity (Wildman–Crippen MR) is 72.5 cm³/mol. The summed E-state index contributed by atoms with van der Waals surface area (Å²) >= 11 is 7.15. The van der Waals surface area contributed by atoms with Crippen molar-refractivity contribution in [2.45, 2.75) is 39.0 Å². The summed E-state index contributed by atoms with van der Waals surface area (Å²) in [7, 11) is 0. The first-order valence-electron chi connectivity index (χ1n) is 5.95. The second-order valence-electron chi connectivity index (χ2n) is 4.03. The fourth-order valence-corrected chi connectivity index (χ4v) is 2.55. The molecule has 1 aromatic heterocycles. The summed E-state index contributed by atoms with van der Waals surface area (Å²) in [6.45, 7) is 5.06. The third-order valence-electron chi connectivity index (χ3n) is 2.79. The van der Waals surface area contributed by atoms with E-state index in [-0.39, 0.29) is 5.91 Å². The Morgan fingerprint density at radius 2 is 2.24 bits per heavy atom. The van der Waals surface area contributed by atoms with E-state index >= 15 is 0 Å². The van der Waals surface area contributed by atoms with Gasteiger partial charge < -0.3 is 5.32 Å². The zero-order valence-corrected chi connectivity index (χ0v) is 11.9. The molecule has 0 saturated heterocycles. The molecule has 1 aromatic rings. The van der Waals surface area contributed by atoms with Gasteiger partial charge in [-0.2, -0.15) is 0 Å². The zero-order chi connectivity index (χ0) is 12.7. The zero-order valence-electron chi connectivity index (χ0n) is 10.3. The van der Waals surface area contributed by atoms with Crippen LogP contribution in [0.5, 0.6) is 0 Å². The van der Waals surface area contributed by atoms with Crippen LogP contribution in [0.3, 0.4) is 0 Å². The molecule has 1 heterocycles. The van der Waals surface area contributed by atoms with E-state index in [1.54, 1.807) is 0 Å². The Morgan fingerprint density at radius 3 is 2.76 bits per heavy atom. The van der Waals surface area contributed by atoms with E-state index in [2.05, 4.69) is 24.1 Å². The molecule has 0 aliphatic rings. The molecule has 17 heavy (non-hydrogen) atoms. The number of thiazole rings is 1. The highest BCUT2D eigenvalue weighted by Crippen LogP contribution is 2.12. The number of aromatic nitrogens is 1. The average Bonchev–Trinajstić information content (AvgIpc) is 2.78. The van der Waals surface area contributed by atoms with Crippen molar-refractivity contribution in [2.24, 2.45) is 5.92 Å². The van der Waals surface area contributed by atoms with Crippen LogP contribution >= 0.6 is 22.9 Å². The molecule has 0 unspecified atom stereocenters. The van der Waals surface area contributed by atoms with Gasteiger partial charge in [0.1, 0.15) is 5.01 Å². The molecular weight excluding hydrogens is 256 g/mol. The maximum absolute atomic E-state index is 11.7. The van der Waals surface area contributed by atoms with Gasteiger partial charge in [-0.25, -0.2) is 4.98 Å². The maximum Gasteiger partial charge on any atom is 0.226 e. The standard InChI is InChI=1S/C12H19ClN2OS/c1-3-9(4-2)7-14-11(16)5-12-15-10(6-13)8-17-12/h8-9H,3-7H2,1-2H3,(H,14,16). The fraction of sp³-hybridized carbons (Fsp3) is 0.667. The minimum atomic E-state index is 0.0485. The Labute approximate surface area is 112 Å². The first-order chi connectivity index (χ1) is 8.19. The number of rotatable bonds is 7. The molecule has 1 rings (SSSR count). The number of hydrogen-bond donors (Lipinski definition) is 1. The van der Waals surface area contributed by atoms with Gasteiger partial charge in [0.05, 0.1) is 18.0 Å². The van der Waals surface area contributed by atoms with Crippen LogP contribution in [0, 0.1) is 5.92 Å². The summed E-state index contributed by atoms with van der Waals surface area (Å²) in [6.07, 6.45) is 2.57. The van der Waals surface area contributed by atoms with Crippen molar-refractivity contribution >= 4 is 28.8 Å². The first-order valence-corrected chi connectivity index (χ1v) is 7.36. The number of hydrogen-bond acceptors (Lipinski definition) is 3. The Hall–Kier alpha value is -0.610. The van der Waals surface area contributed by atoms with E-state index in [1.807, 2.05) is 5.38 Å². The lowest BCUT2D eigenvalue weighted by atomic mass is 10.0. The van der Waals surface area contributed by atoms with Crippen LogP contribution in [0.4, 0.5) is 0 Å². The van der Waals surface area contributed by atoms with Crippen molar-refractivity contribution in [1.29, 1.82) is 0 Å². The van der Waals surface area contributed by atoms with E-state index in [9.17, 15) is 4.79 Å². The number of alkyl halides is 1. The van der Waals surface area contributed by atoms with Gasteiger partial charge in [0.15, 0.2) is 0 Å². The molecule has 1 N–H and O–H groups in total. The summed E-state index contributed by atoms with van der Waals surface area (Å²) in [4.78, 5) is 15.9. The van der Waals surface area contributed by atoms with Crippen molar-refractivity contribution in [3.05, 3.63) is 16.1 Å². The fourth-order valence-electron chi connectivity index (χ4n) is 1.53. The van der Waals surface area contributed by atoms with Crippen LogP contribution in [-0.4, -0.2) is 17.4 Å². The molecule has 1 amide bonds. The minimum absolute atomic E-state index is 0.0485. The van der Waals surface area contributed by atoms with E-state index in [0.717, 1.165) is 30.1 Å². The van der Waals surface area contributed by atoms with Crippen LogP contribution in [0.1, 0.15) is 37.4 Å². The normalized spacial score (nSPS) is 10.8. The lowest BCUT2D eigenvalue weighted by Crippen LogP contribution is -2.30. The van der Waals surface area contributed by atoms with Crippen LogP contribution in [0.2, 0.25) is 0 Å². The maximum atomic E-state index is 11.7. The van der Waals surface area contributed by atoms with Crippen molar-refractivity contribution in [3.63, 3.8) is 0 Å². The first kappa shape index (κ1) is 14.5. The highest BCUT2D eigenvalue weighted by atomic mass is 35.5. The molecule has 3 nitrogen and oxygen atoms in total. The largest absolute Gasteiger partial charge is 0.355 e. The molecule has 0 aromatic carbocycles. The Bertz CT molecular complexity index is 350. The summed E-state index contributed by atoms with van der Waals surface area (Å²) < 4.78 is 0. The molecule has 0 fully saturated rings. The number of nitrogens with one attached hydrogen (secondary N) is 1. The molecular formula is C12H19ClN2OS. The van der Waals surface area contributed by atoms with Crippen LogP contribution in [-0.2, 0) is 17.1 Å². The SMILES string of the molecule is CCC(CC)CNC(=O)Cc1nc(CCl)cs1. The highest BCUT2D eigenvalue weighted by Gasteiger charge is 2.09. The lowest BCUT2D eigenvalue weighted by Gasteiger charge is -2.12. The summed E-state index contributed by atoms with van der Waals surface area (Å²) in [6, 6.07) is 0. The van der Waals surface area contributed by atoms with Gasteiger partial charge in [0.25, 0.3) is 0 Å². The molecule has 0 aliphatic heterocycles. The highest BCUT2D eigenvalue weighted by molar-refractivity contribution is 7.09. The van der Waals surface area contributed by atoms with Crippen LogP contribution in [0.25, 0.3) is 0 Å². The van der Waals surface area contributed by atoms with Gasteiger partial charge in [-0.1, -0.05) is 26.7 Å². The second kappa shape index (κ2) is 7.67. The lowest BCUT2D eigenvalue weighted by molar-refractivity contribution is -0.120. The van der Waals surface area contributed by atoms with Gasteiger partial charge in [0, 0.05) is 11.9 Å². The van der Waals surface area contributed by atoms with E-state index in [4.69, 9.17) is 11.6 Å². The van der Waals surface area contributed by atoms with E-state index in [1.165, 1.54) is 11.3 Å². The third kappa shape index (κ3) is 5.04. The Balaban J connectivity index is 2.34. The third-order valence-corrected chi connectivity index (χ3v) is 3.96. The van der Waals surface area contributed by atoms with Gasteiger partial charge in [-0.05, 0) is 5.92 Å². The topological polar surface area (TPSA) is 42.0 Å². The number of halogens is 1. The average molecular weight is 275 g/mol. The second-order valence-corrected chi connectivity index (χ2v) is 5.24.